The Bertz CT molecular complexity index is 947. The van der Waals surface area contributed by atoms with Gasteiger partial charge in [-0.15, -0.1) is 0 Å². The molecule has 0 saturated heterocycles. The predicted octanol–water partition coefficient (Wildman–Crippen LogP) is 3.76. The molecule has 3 nitrogen and oxygen atoms in total. The monoisotopic (exact) mass is 352 g/mol. The predicted molar refractivity (Wildman–Crippen MR) is 99.9 cm³/mol. The number of rotatable bonds is 6. The van der Waals surface area contributed by atoms with Crippen molar-refractivity contribution in [2.45, 2.75) is 38.6 Å². The molecule has 0 aromatic heterocycles. The molecular formula is C21H21ClN2O. The maximum absolute atomic E-state index is 12.8. The van der Waals surface area contributed by atoms with Crippen LogP contribution >= 0.6 is 11.6 Å². The topological polar surface area (TPSA) is 41.5 Å². The number of carbonyl (C=O) groups is 1. The van der Waals surface area contributed by atoms with Gasteiger partial charge in [-0.05, 0) is 48.6 Å². The van der Waals surface area contributed by atoms with E-state index in [0.717, 1.165) is 34.7 Å². The van der Waals surface area contributed by atoms with Gasteiger partial charge < -0.3 is 5.32 Å². The molecule has 0 spiro atoms. The highest BCUT2D eigenvalue weighted by Gasteiger charge is 2.28. The number of nitrogens with zero attached hydrogens (tertiary/aromatic N) is 1. The minimum atomic E-state index is -0.0456. The van der Waals surface area contributed by atoms with Crippen molar-refractivity contribution in [1.82, 2.24) is 5.32 Å². The van der Waals surface area contributed by atoms with Crippen molar-refractivity contribution < 1.29 is 4.79 Å². The number of carbonyl (C=O) groups excluding carboxylic acids is 1. The lowest BCUT2D eigenvalue weighted by Gasteiger charge is -2.20. The normalized spacial score (nSPS) is 16.5. The summed E-state index contributed by atoms with van der Waals surface area (Å²) >= 11 is 6.38. The fourth-order valence-corrected chi connectivity index (χ4v) is 3.65. The van der Waals surface area contributed by atoms with Crippen LogP contribution in [0.4, 0.5) is 0 Å². The third-order valence-corrected chi connectivity index (χ3v) is 5.36. The fraction of sp³-hybridized carbons (Fsp3) is 0.333. The molecule has 1 aliphatic carbocycles. The average molecular weight is 353 g/mol. The van der Waals surface area contributed by atoms with Gasteiger partial charge in [0, 0.05) is 15.8 Å². The summed E-state index contributed by atoms with van der Waals surface area (Å²) < 4.78 is 0. The molecule has 1 unspecified atom stereocenters. The zero-order chi connectivity index (χ0) is 17.4. The van der Waals surface area contributed by atoms with Crippen LogP contribution < -0.4 is 15.9 Å². The van der Waals surface area contributed by atoms with Gasteiger partial charge >= 0.3 is 0 Å². The molecule has 2 aliphatic rings. The molecule has 1 amide bonds. The highest BCUT2D eigenvalue weighted by Crippen LogP contribution is 2.39. The Labute approximate surface area is 152 Å². The second-order valence-electron chi connectivity index (χ2n) is 6.87. The van der Waals surface area contributed by atoms with Crippen LogP contribution in [0.5, 0.6) is 0 Å². The maximum atomic E-state index is 12.8. The van der Waals surface area contributed by atoms with Crippen LogP contribution in [0, 0.1) is 5.92 Å². The first-order valence-corrected chi connectivity index (χ1v) is 9.30. The van der Waals surface area contributed by atoms with Crippen LogP contribution in [0.2, 0.25) is 5.02 Å². The minimum Gasteiger partial charge on any atom is -0.345 e. The molecule has 2 aromatic carbocycles. The van der Waals surface area contributed by atoms with Gasteiger partial charge in [-0.1, -0.05) is 49.6 Å². The number of hydrogen-bond acceptors (Lipinski definition) is 2. The Morgan fingerprint density at radius 2 is 2.08 bits per heavy atom. The van der Waals surface area contributed by atoms with Crippen molar-refractivity contribution in [1.29, 1.82) is 0 Å². The summed E-state index contributed by atoms with van der Waals surface area (Å²) in [6.07, 6.45) is 4.32. The van der Waals surface area contributed by atoms with Gasteiger partial charge in [0.15, 0.2) is 0 Å². The molecule has 1 atom stereocenters. The van der Waals surface area contributed by atoms with Gasteiger partial charge in [-0.25, -0.2) is 0 Å². The van der Waals surface area contributed by atoms with E-state index in [4.69, 9.17) is 11.6 Å². The van der Waals surface area contributed by atoms with E-state index in [2.05, 4.69) is 17.2 Å². The van der Waals surface area contributed by atoms with Crippen LogP contribution in [0.3, 0.4) is 0 Å². The molecule has 25 heavy (non-hydrogen) atoms. The molecule has 0 radical (unpaired) electrons. The Morgan fingerprint density at radius 1 is 1.28 bits per heavy atom. The summed E-state index contributed by atoms with van der Waals surface area (Å²) in [4.78, 5) is 17.3. The Kier molecular flexibility index (Phi) is 4.34. The summed E-state index contributed by atoms with van der Waals surface area (Å²) in [7, 11) is 0. The molecule has 1 N–H and O–H groups in total. The zero-order valence-electron chi connectivity index (χ0n) is 14.3. The lowest BCUT2D eigenvalue weighted by Crippen LogP contribution is -2.37. The van der Waals surface area contributed by atoms with Gasteiger partial charge in [0.25, 0.3) is 5.91 Å². The van der Waals surface area contributed by atoms with Gasteiger partial charge in [0.05, 0.1) is 17.1 Å². The molecule has 128 valence electrons. The van der Waals surface area contributed by atoms with Crippen molar-refractivity contribution in [2.75, 3.05) is 0 Å². The van der Waals surface area contributed by atoms with Gasteiger partial charge in [0.1, 0.15) is 0 Å². The van der Waals surface area contributed by atoms with E-state index in [0.29, 0.717) is 16.5 Å². The highest BCUT2D eigenvalue weighted by atomic mass is 35.5. The fourth-order valence-electron chi connectivity index (χ4n) is 3.38. The summed E-state index contributed by atoms with van der Waals surface area (Å²) in [5.74, 6) is 0.646. The molecule has 4 heteroatoms. The molecule has 1 fully saturated rings. The van der Waals surface area contributed by atoms with Crippen LogP contribution in [-0.2, 0) is 0 Å². The van der Waals surface area contributed by atoms with Crippen LogP contribution in [0.1, 0.15) is 54.6 Å². The second-order valence-corrected chi connectivity index (χ2v) is 7.28. The van der Waals surface area contributed by atoms with E-state index in [9.17, 15) is 4.79 Å². The van der Waals surface area contributed by atoms with Crippen molar-refractivity contribution in [3.8, 4) is 0 Å². The summed E-state index contributed by atoms with van der Waals surface area (Å²) in [5.41, 5.74) is 2.77. The summed E-state index contributed by atoms with van der Waals surface area (Å²) in [6.45, 7) is 2.08. The van der Waals surface area contributed by atoms with Gasteiger partial charge in [-0.2, -0.15) is 0 Å². The molecular weight excluding hydrogens is 332 g/mol. The summed E-state index contributed by atoms with van der Waals surface area (Å²) in [6, 6.07) is 13.5. The van der Waals surface area contributed by atoms with Crippen LogP contribution in [0.15, 0.2) is 47.5 Å². The lowest BCUT2D eigenvalue weighted by molar-refractivity contribution is 0.0933. The number of fused-ring (bicyclic) bond motifs is 1. The van der Waals surface area contributed by atoms with Crippen molar-refractivity contribution in [3.63, 3.8) is 0 Å². The van der Waals surface area contributed by atoms with Crippen LogP contribution in [-0.4, -0.2) is 5.91 Å². The number of hydrogen-bond donors (Lipinski definition) is 1. The quantitative estimate of drug-likeness (QED) is 0.845. The number of nitrogens with one attached hydrogen (secondary N) is 1. The first-order valence-electron chi connectivity index (χ1n) is 8.93. The third-order valence-electron chi connectivity index (χ3n) is 5.01. The standard InChI is InChI=1S/C21H21ClN2O/c1-2-18-16-12-14(9-10-19(16)23-18)21(25)24-20(11-13-7-8-13)15-5-3-4-6-17(15)22/h3-6,9-10,12-13,20H,2,7-8,11H2,1H3,(H,24,25). The SMILES string of the molecule is CCC1=c2cc(C(=O)NC(CC3CC3)c3ccccc3Cl)ccc2=N1. The van der Waals surface area contributed by atoms with E-state index < -0.39 is 0 Å². The Balaban J connectivity index is 1.59. The first-order chi connectivity index (χ1) is 12.2. The number of amides is 1. The van der Waals surface area contributed by atoms with Crippen molar-refractivity contribution in [2.24, 2.45) is 10.9 Å². The second kappa shape index (κ2) is 6.64. The molecule has 0 bridgehead atoms. The zero-order valence-corrected chi connectivity index (χ0v) is 15.0. The first kappa shape index (κ1) is 16.3. The van der Waals surface area contributed by atoms with E-state index in [-0.39, 0.29) is 11.9 Å². The smallest absolute Gasteiger partial charge is 0.251 e. The van der Waals surface area contributed by atoms with E-state index in [1.807, 2.05) is 42.5 Å². The minimum absolute atomic E-state index is 0.0425. The van der Waals surface area contributed by atoms with Crippen molar-refractivity contribution >= 4 is 23.2 Å². The summed E-state index contributed by atoms with van der Waals surface area (Å²) in [5, 5.41) is 6.00. The molecule has 1 aliphatic heterocycles. The third kappa shape index (κ3) is 3.34. The number of benzene rings is 2. The maximum Gasteiger partial charge on any atom is 0.251 e. The molecule has 2 aromatic rings. The van der Waals surface area contributed by atoms with E-state index >= 15 is 0 Å². The van der Waals surface area contributed by atoms with Gasteiger partial charge in [0.2, 0.25) is 0 Å². The molecule has 4 rings (SSSR count). The average Bonchev–Trinajstić information content (AvgIpc) is 3.40. The lowest BCUT2D eigenvalue weighted by atomic mass is 10.00. The van der Waals surface area contributed by atoms with E-state index in [1.165, 1.54) is 12.8 Å². The highest BCUT2D eigenvalue weighted by molar-refractivity contribution is 6.31. The molecule has 1 saturated carbocycles. The van der Waals surface area contributed by atoms with Gasteiger partial charge in [-0.3, -0.25) is 9.79 Å². The Hall–Kier alpha value is -2.13. The largest absolute Gasteiger partial charge is 0.345 e. The van der Waals surface area contributed by atoms with Crippen molar-refractivity contribution in [3.05, 3.63) is 69.2 Å². The molecule has 1 heterocycles. The number of halogens is 1. The van der Waals surface area contributed by atoms with E-state index in [1.54, 1.807) is 0 Å². The van der Waals surface area contributed by atoms with Crippen LogP contribution in [0.25, 0.3) is 5.70 Å². The Morgan fingerprint density at radius 3 is 2.80 bits per heavy atom.